The van der Waals surface area contributed by atoms with Gasteiger partial charge in [-0.3, -0.25) is 4.79 Å². The molecular formula is C12H12ClN3OS3. The van der Waals surface area contributed by atoms with Gasteiger partial charge in [0.05, 0.1) is 5.75 Å². The zero-order chi connectivity index (χ0) is 14.5. The number of benzene rings is 1. The molecule has 1 aromatic heterocycles. The maximum absolute atomic E-state index is 11.8. The fourth-order valence-corrected chi connectivity index (χ4v) is 3.52. The number of aryl methyl sites for hydroxylation is 1. The minimum absolute atomic E-state index is 0.0872. The summed E-state index contributed by atoms with van der Waals surface area (Å²) in [6, 6.07) is 5.46. The van der Waals surface area contributed by atoms with Crippen LogP contribution in [0.5, 0.6) is 0 Å². The second-order valence-corrected chi connectivity index (χ2v) is 7.00. The molecule has 1 heterocycles. The first-order valence-electron chi connectivity index (χ1n) is 5.65. The van der Waals surface area contributed by atoms with Crippen molar-refractivity contribution in [2.45, 2.75) is 16.4 Å². The van der Waals surface area contributed by atoms with Crippen LogP contribution in [0.2, 0.25) is 5.02 Å². The maximum Gasteiger partial charge on any atom is 0.234 e. The molecule has 0 saturated heterocycles. The van der Waals surface area contributed by atoms with E-state index in [2.05, 4.69) is 14.7 Å². The van der Waals surface area contributed by atoms with Gasteiger partial charge in [-0.05, 0) is 42.4 Å². The Kier molecular flexibility index (Phi) is 5.71. The molecule has 8 heteroatoms. The summed E-state index contributed by atoms with van der Waals surface area (Å²) in [5, 5.41) is 4.19. The first kappa shape index (κ1) is 15.6. The van der Waals surface area contributed by atoms with E-state index in [0.717, 1.165) is 15.1 Å². The summed E-state index contributed by atoms with van der Waals surface area (Å²) >= 11 is 10.2. The third-order valence-corrected chi connectivity index (χ3v) is 5.26. The van der Waals surface area contributed by atoms with Crippen LogP contribution >= 0.6 is 46.7 Å². The van der Waals surface area contributed by atoms with Crippen LogP contribution in [-0.4, -0.2) is 27.3 Å². The van der Waals surface area contributed by atoms with E-state index in [4.69, 9.17) is 11.6 Å². The number of hydrogen-bond acceptors (Lipinski definition) is 6. The Bertz CT molecular complexity index is 618. The van der Waals surface area contributed by atoms with Crippen molar-refractivity contribution >= 4 is 58.3 Å². The zero-order valence-electron chi connectivity index (χ0n) is 10.8. The Balaban J connectivity index is 1.87. The van der Waals surface area contributed by atoms with Crippen molar-refractivity contribution in [3.8, 4) is 0 Å². The smallest absolute Gasteiger partial charge is 0.234 e. The lowest BCUT2D eigenvalue weighted by molar-refractivity contribution is -0.113. The van der Waals surface area contributed by atoms with Crippen molar-refractivity contribution in [3.05, 3.63) is 28.8 Å². The van der Waals surface area contributed by atoms with E-state index in [1.807, 2.05) is 25.3 Å². The topological polar surface area (TPSA) is 54.9 Å². The number of amides is 1. The number of rotatable bonds is 5. The number of hydrogen-bond donors (Lipinski definition) is 1. The molecule has 0 spiro atoms. The van der Waals surface area contributed by atoms with Crippen molar-refractivity contribution in [3.63, 3.8) is 0 Å². The van der Waals surface area contributed by atoms with Crippen LogP contribution in [0.25, 0.3) is 0 Å². The summed E-state index contributed by atoms with van der Waals surface area (Å²) < 4.78 is 4.94. The number of nitrogens with one attached hydrogen (secondary N) is 1. The van der Waals surface area contributed by atoms with Crippen LogP contribution < -0.4 is 5.32 Å². The summed E-state index contributed by atoms with van der Waals surface area (Å²) in [4.78, 5) is 16.1. The lowest BCUT2D eigenvalue weighted by Crippen LogP contribution is -2.13. The molecule has 0 bridgehead atoms. The van der Waals surface area contributed by atoms with Crippen molar-refractivity contribution < 1.29 is 4.79 Å². The van der Waals surface area contributed by atoms with Gasteiger partial charge in [-0.2, -0.15) is 4.37 Å². The first-order valence-corrected chi connectivity index (χ1v) is 9.01. The van der Waals surface area contributed by atoms with Gasteiger partial charge in [-0.15, -0.1) is 0 Å². The van der Waals surface area contributed by atoms with Crippen LogP contribution in [0.15, 0.2) is 27.7 Å². The summed E-state index contributed by atoms with van der Waals surface area (Å²) in [6.45, 7) is 1.92. The largest absolute Gasteiger partial charge is 0.325 e. The molecule has 0 fully saturated rings. The Hall–Kier alpha value is -0.760. The molecule has 0 unspecified atom stereocenters. The third kappa shape index (κ3) is 4.37. The van der Waals surface area contributed by atoms with Crippen molar-refractivity contribution in [2.75, 3.05) is 17.3 Å². The number of carbonyl (C=O) groups is 1. The highest BCUT2D eigenvalue weighted by atomic mass is 35.5. The minimum atomic E-state index is -0.0872. The van der Waals surface area contributed by atoms with E-state index in [0.29, 0.717) is 16.5 Å². The van der Waals surface area contributed by atoms with Crippen LogP contribution in [0.4, 0.5) is 5.69 Å². The molecular weight excluding hydrogens is 334 g/mol. The molecule has 0 radical (unpaired) electrons. The van der Waals surface area contributed by atoms with Gasteiger partial charge in [0.15, 0.2) is 4.34 Å². The monoisotopic (exact) mass is 345 g/mol. The molecule has 106 valence electrons. The molecule has 1 amide bonds. The zero-order valence-corrected chi connectivity index (χ0v) is 14.0. The highest BCUT2D eigenvalue weighted by molar-refractivity contribution is 8.01. The van der Waals surface area contributed by atoms with Gasteiger partial charge < -0.3 is 5.32 Å². The number of nitrogens with zero attached hydrogens (tertiary/aromatic N) is 2. The Morgan fingerprint density at radius 3 is 2.95 bits per heavy atom. The predicted octanol–water partition coefficient (Wildman–Crippen LogP) is 3.95. The average Bonchev–Trinajstić information content (AvgIpc) is 2.89. The number of anilines is 1. The van der Waals surface area contributed by atoms with Gasteiger partial charge in [0, 0.05) is 10.7 Å². The lowest BCUT2D eigenvalue weighted by atomic mass is 10.2. The highest BCUT2D eigenvalue weighted by Gasteiger charge is 2.08. The van der Waals surface area contributed by atoms with E-state index in [-0.39, 0.29) is 5.91 Å². The summed E-state index contributed by atoms with van der Waals surface area (Å²) in [6.07, 6.45) is 1.92. The van der Waals surface area contributed by atoms with E-state index >= 15 is 0 Å². The fourth-order valence-electron chi connectivity index (χ4n) is 1.33. The van der Waals surface area contributed by atoms with Crippen LogP contribution in [0, 0.1) is 6.92 Å². The minimum Gasteiger partial charge on any atom is -0.325 e. The van der Waals surface area contributed by atoms with Crippen molar-refractivity contribution in [1.29, 1.82) is 0 Å². The molecule has 2 rings (SSSR count). The van der Waals surface area contributed by atoms with Gasteiger partial charge in [-0.25, -0.2) is 4.98 Å². The second kappa shape index (κ2) is 7.31. The standard InChI is InChI=1S/C12H12ClN3OS3/c1-7-3-4-8(5-9(7)13)14-10(17)6-19-12-15-11(18-2)16-20-12/h3-5H,6H2,1-2H3,(H,14,17). The van der Waals surface area contributed by atoms with Crippen LogP contribution in [0.1, 0.15) is 5.56 Å². The molecule has 0 atom stereocenters. The number of thioether (sulfide) groups is 2. The molecule has 1 aromatic carbocycles. The number of halogens is 1. The quantitative estimate of drug-likeness (QED) is 0.831. The Labute approximate surface area is 134 Å². The normalized spacial score (nSPS) is 10.6. The molecule has 0 aliphatic rings. The fraction of sp³-hybridized carbons (Fsp3) is 0.250. The van der Waals surface area contributed by atoms with E-state index < -0.39 is 0 Å². The lowest BCUT2D eigenvalue weighted by Gasteiger charge is -2.05. The summed E-state index contributed by atoms with van der Waals surface area (Å²) in [7, 11) is 0. The van der Waals surface area contributed by atoms with Crippen LogP contribution in [0.3, 0.4) is 0 Å². The van der Waals surface area contributed by atoms with Crippen LogP contribution in [-0.2, 0) is 4.79 Å². The number of aromatic nitrogens is 2. The van der Waals surface area contributed by atoms with Gasteiger partial charge in [-0.1, -0.05) is 41.2 Å². The second-order valence-electron chi connectivity index (χ2n) is 3.85. The molecule has 4 nitrogen and oxygen atoms in total. The van der Waals surface area contributed by atoms with Gasteiger partial charge in [0.2, 0.25) is 11.1 Å². The van der Waals surface area contributed by atoms with E-state index in [1.54, 1.807) is 6.07 Å². The molecule has 0 aliphatic heterocycles. The Morgan fingerprint density at radius 1 is 1.50 bits per heavy atom. The van der Waals surface area contributed by atoms with Crippen molar-refractivity contribution in [2.24, 2.45) is 0 Å². The third-order valence-electron chi connectivity index (χ3n) is 2.35. The molecule has 1 N–H and O–H groups in total. The van der Waals surface area contributed by atoms with Gasteiger partial charge >= 0.3 is 0 Å². The summed E-state index contributed by atoms with van der Waals surface area (Å²) in [5.74, 6) is 0.213. The van der Waals surface area contributed by atoms with Crippen molar-refractivity contribution in [1.82, 2.24) is 9.36 Å². The van der Waals surface area contributed by atoms with E-state index in [9.17, 15) is 4.79 Å². The van der Waals surface area contributed by atoms with Gasteiger partial charge in [0.25, 0.3) is 0 Å². The molecule has 0 saturated carbocycles. The highest BCUT2D eigenvalue weighted by Crippen LogP contribution is 2.24. The maximum atomic E-state index is 11.8. The van der Waals surface area contributed by atoms with Gasteiger partial charge in [0.1, 0.15) is 0 Å². The SMILES string of the molecule is CSc1nsc(SCC(=O)Nc2ccc(C)c(Cl)c2)n1. The summed E-state index contributed by atoms with van der Waals surface area (Å²) in [5.41, 5.74) is 1.69. The number of carbonyl (C=O) groups excluding carboxylic acids is 1. The first-order chi connectivity index (χ1) is 9.58. The predicted molar refractivity (Wildman–Crippen MR) is 87.2 cm³/mol. The average molecular weight is 346 g/mol. The van der Waals surface area contributed by atoms with E-state index in [1.165, 1.54) is 35.1 Å². The Morgan fingerprint density at radius 2 is 2.30 bits per heavy atom. The molecule has 2 aromatic rings. The molecule has 0 aliphatic carbocycles. The molecule has 20 heavy (non-hydrogen) atoms.